The normalized spacial score (nSPS) is 18.3. The van der Waals surface area contributed by atoms with E-state index >= 15 is 0 Å². The summed E-state index contributed by atoms with van der Waals surface area (Å²) in [6.45, 7) is 22.1. The number of benzene rings is 1. The van der Waals surface area contributed by atoms with Crippen molar-refractivity contribution in [3.63, 3.8) is 0 Å². The summed E-state index contributed by atoms with van der Waals surface area (Å²) in [4.78, 5) is 2.42. The van der Waals surface area contributed by atoms with Crippen molar-refractivity contribution in [2.75, 3.05) is 4.90 Å². The zero-order chi connectivity index (χ0) is 20.8. The first-order valence-corrected chi connectivity index (χ1v) is 10.6. The highest BCUT2D eigenvalue weighted by Crippen LogP contribution is 2.42. The van der Waals surface area contributed by atoms with Gasteiger partial charge in [-0.15, -0.1) is 0 Å². The Hall–Kier alpha value is -2.28. The molecule has 0 aliphatic carbocycles. The van der Waals surface area contributed by atoms with Crippen molar-refractivity contribution in [3.8, 4) is 0 Å². The fraction of sp³-hybridized carbons (Fsp3) is 0.407. The Morgan fingerprint density at radius 3 is 2.39 bits per heavy atom. The topological polar surface area (TPSA) is 3.24 Å². The van der Waals surface area contributed by atoms with Gasteiger partial charge in [-0.2, -0.15) is 0 Å². The van der Waals surface area contributed by atoms with E-state index in [4.69, 9.17) is 0 Å². The number of nitrogens with zero attached hydrogens (tertiary/aromatic N) is 1. The average molecular weight is 376 g/mol. The minimum Gasteiger partial charge on any atom is -0.313 e. The van der Waals surface area contributed by atoms with Crippen LogP contribution in [0.15, 0.2) is 83.3 Å². The highest BCUT2D eigenvalue weighted by Gasteiger charge is 2.28. The van der Waals surface area contributed by atoms with E-state index in [0.717, 1.165) is 24.8 Å². The third-order valence-electron chi connectivity index (χ3n) is 5.47. The fourth-order valence-electron chi connectivity index (χ4n) is 3.95. The largest absolute Gasteiger partial charge is 0.313 e. The highest BCUT2D eigenvalue weighted by molar-refractivity contribution is 5.74. The molecule has 0 radical (unpaired) electrons. The molecule has 1 aliphatic rings. The smallest absolute Gasteiger partial charge is 0.0567 e. The maximum atomic E-state index is 4.44. The predicted molar refractivity (Wildman–Crippen MR) is 125 cm³/mol. The molecule has 0 saturated heterocycles. The summed E-state index contributed by atoms with van der Waals surface area (Å²) in [5.74, 6) is 0.694. The fourth-order valence-corrected chi connectivity index (χ4v) is 3.95. The molecular formula is C27H37N. The molecular weight excluding hydrogens is 338 g/mol. The average Bonchev–Trinajstić information content (AvgIpc) is 2.64. The van der Waals surface area contributed by atoms with Crippen LogP contribution in [0, 0.1) is 12.8 Å². The molecule has 1 aromatic rings. The van der Waals surface area contributed by atoms with Gasteiger partial charge in [0.2, 0.25) is 0 Å². The second-order valence-corrected chi connectivity index (χ2v) is 8.35. The lowest BCUT2D eigenvalue weighted by molar-refractivity contribution is 0.583. The maximum Gasteiger partial charge on any atom is 0.0567 e. The van der Waals surface area contributed by atoms with Crippen LogP contribution in [0.4, 0.5) is 5.69 Å². The Labute approximate surface area is 172 Å². The molecule has 0 spiro atoms. The summed E-state index contributed by atoms with van der Waals surface area (Å²) < 4.78 is 0. The lowest BCUT2D eigenvalue weighted by atomic mass is 9.86. The van der Waals surface area contributed by atoms with Gasteiger partial charge in [0.15, 0.2) is 0 Å². The first-order valence-electron chi connectivity index (χ1n) is 10.6. The molecule has 0 amide bonds. The second kappa shape index (κ2) is 9.78. The summed E-state index contributed by atoms with van der Waals surface area (Å²) in [6, 6.07) is 8.63. The monoisotopic (exact) mass is 375 g/mol. The van der Waals surface area contributed by atoms with Crippen LogP contribution in [0.5, 0.6) is 0 Å². The molecule has 1 aromatic carbocycles. The van der Waals surface area contributed by atoms with E-state index in [9.17, 15) is 0 Å². The van der Waals surface area contributed by atoms with E-state index in [0.29, 0.717) is 5.92 Å². The molecule has 2 rings (SSSR count). The van der Waals surface area contributed by atoms with Crippen LogP contribution >= 0.6 is 0 Å². The van der Waals surface area contributed by atoms with Gasteiger partial charge in [0.25, 0.3) is 0 Å². The van der Waals surface area contributed by atoms with Crippen LogP contribution in [-0.2, 0) is 0 Å². The number of allylic oxidation sites excluding steroid dienone is 6. The quantitative estimate of drug-likeness (QED) is 0.463. The summed E-state index contributed by atoms with van der Waals surface area (Å²) in [5, 5.41) is 0. The lowest BCUT2D eigenvalue weighted by Crippen LogP contribution is -2.28. The van der Waals surface area contributed by atoms with Crippen molar-refractivity contribution >= 4 is 5.69 Å². The van der Waals surface area contributed by atoms with Gasteiger partial charge in [-0.1, -0.05) is 70.2 Å². The Balaban J connectivity index is 2.78. The molecule has 0 atom stereocenters. The summed E-state index contributed by atoms with van der Waals surface area (Å²) in [7, 11) is 0. The van der Waals surface area contributed by atoms with E-state index < -0.39 is 0 Å². The van der Waals surface area contributed by atoms with Crippen molar-refractivity contribution in [1.29, 1.82) is 0 Å². The van der Waals surface area contributed by atoms with E-state index in [2.05, 4.69) is 89.9 Å². The summed E-state index contributed by atoms with van der Waals surface area (Å²) in [6.07, 6.45) is 8.69. The second-order valence-electron chi connectivity index (χ2n) is 8.35. The van der Waals surface area contributed by atoms with Crippen molar-refractivity contribution < 1.29 is 0 Å². The van der Waals surface area contributed by atoms with Gasteiger partial charge in [-0.3, -0.25) is 0 Å². The van der Waals surface area contributed by atoms with Gasteiger partial charge >= 0.3 is 0 Å². The van der Waals surface area contributed by atoms with Gasteiger partial charge in [0.05, 0.1) is 5.70 Å². The number of hydrogen-bond acceptors (Lipinski definition) is 1. The number of aryl methyl sites for hydroxylation is 1. The minimum absolute atomic E-state index is 0.694. The molecule has 1 heteroatoms. The maximum absolute atomic E-state index is 4.44. The molecule has 1 nitrogen and oxygen atoms in total. The predicted octanol–water partition coefficient (Wildman–Crippen LogP) is 8.27. The Morgan fingerprint density at radius 2 is 1.82 bits per heavy atom. The molecule has 0 aromatic heterocycles. The summed E-state index contributed by atoms with van der Waals surface area (Å²) >= 11 is 0. The Kier molecular flexibility index (Phi) is 7.69. The van der Waals surface area contributed by atoms with Gasteiger partial charge in [0.1, 0.15) is 0 Å². The van der Waals surface area contributed by atoms with E-state index in [1.54, 1.807) is 0 Å². The lowest BCUT2D eigenvalue weighted by Gasteiger charge is -2.37. The molecule has 0 N–H and O–H groups in total. The third kappa shape index (κ3) is 4.76. The van der Waals surface area contributed by atoms with Crippen LogP contribution < -0.4 is 4.90 Å². The number of anilines is 1. The number of para-hydroxylation sites is 1. The number of rotatable bonds is 7. The van der Waals surface area contributed by atoms with Crippen LogP contribution in [0.3, 0.4) is 0 Å². The number of hydrogen-bond donors (Lipinski definition) is 0. The molecule has 0 unspecified atom stereocenters. The van der Waals surface area contributed by atoms with E-state index in [1.165, 1.54) is 45.8 Å². The van der Waals surface area contributed by atoms with Gasteiger partial charge in [0, 0.05) is 17.0 Å². The molecule has 1 heterocycles. The van der Waals surface area contributed by atoms with E-state index in [-0.39, 0.29) is 0 Å². The Bertz CT molecular complexity index is 830. The zero-order valence-electron chi connectivity index (χ0n) is 18.7. The standard InChI is InChI=1S/C27H37N/c1-9-13-24(10-2)27-26(21(6)17-16-19(3)4)22(7)18-23(8)28(27)25-15-12-11-14-20(25)5/h10-12,14-15,18-19H,2,7,9,13,16-17H2,1,3-6,8H3/b26-21+,27-24?. The first kappa shape index (κ1) is 22.0. The van der Waals surface area contributed by atoms with Crippen LogP contribution in [0.25, 0.3) is 0 Å². The van der Waals surface area contributed by atoms with Gasteiger partial charge < -0.3 is 4.90 Å². The van der Waals surface area contributed by atoms with E-state index in [1.807, 2.05) is 6.08 Å². The SMILES string of the molecule is C=CC(CCC)=C1/C(=C(\C)CCC(C)C)C(=C)C=C(C)N1c1ccccc1C. The van der Waals surface area contributed by atoms with Gasteiger partial charge in [-0.25, -0.2) is 0 Å². The van der Waals surface area contributed by atoms with Crippen LogP contribution in [0.1, 0.15) is 65.9 Å². The minimum atomic E-state index is 0.694. The molecule has 0 fully saturated rings. The molecule has 150 valence electrons. The van der Waals surface area contributed by atoms with Crippen molar-refractivity contribution in [2.45, 2.75) is 67.2 Å². The summed E-state index contributed by atoms with van der Waals surface area (Å²) in [5.41, 5.74) is 10.2. The third-order valence-corrected chi connectivity index (χ3v) is 5.47. The van der Waals surface area contributed by atoms with Crippen molar-refractivity contribution in [1.82, 2.24) is 0 Å². The van der Waals surface area contributed by atoms with Crippen molar-refractivity contribution in [3.05, 3.63) is 88.8 Å². The highest BCUT2D eigenvalue weighted by atomic mass is 15.2. The van der Waals surface area contributed by atoms with Crippen molar-refractivity contribution in [2.24, 2.45) is 5.92 Å². The first-order chi connectivity index (χ1) is 13.3. The molecule has 0 saturated carbocycles. The van der Waals surface area contributed by atoms with Gasteiger partial charge in [-0.05, 0) is 74.8 Å². The van der Waals surface area contributed by atoms with Crippen LogP contribution in [0.2, 0.25) is 0 Å². The molecule has 28 heavy (non-hydrogen) atoms. The zero-order valence-corrected chi connectivity index (χ0v) is 18.7. The molecule has 0 bridgehead atoms. The Morgan fingerprint density at radius 1 is 1.14 bits per heavy atom. The molecule has 1 aliphatic heterocycles. The van der Waals surface area contributed by atoms with Crippen LogP contribution in [-0.4, -0.2) is 0 Å².